The molecule has 0 atom stereocenters. The maximum Gasteiger partial charge on any atom is 0.194 e. The molecule has 0 spiro atoms. The summed E-state index contributed by atoms with van der Waals surface area (Å²) in [5.41, 5.74) is 0. The highest BCUT2D eigenvalue weighted by Crippen LogP contribution is 2.20. The first-order valence-corrected chi connectivity index (χ1v) is 10.9. The molecule has 0 aliphatic rings. The molecule has 0 heterocycles. The Kier molecular flexibility index (Phi) is 4.54. The topological polar surface area (TPSA) is 9.72 Å². The fourth-order valence-electron chi connectivity index (χ4n) is 1.27. The minimum Gasteiger partial charge on any atom is -0.324 e. The van der Waals surface area contributed by atoms with Crippen molar-refractivity contribution in [3.63, 3.8) is 0 Å². The lowest BCUT2D eigenvalue weighted by atomic mass is 11.3. The molecule has 0 fully saturated rings. The van der Waals surface area contributed by atoms with Gasteiger partial charge in [-0.2, -0.15) is 0 Å². The maximum absolute atomic E-state index is 2.65. The largest absolute Gasteiger partial charge is 0.324 e. The second-order valence-corrected chi connectivity index (χ2v) is 14.9. The smallest absolute Gasteiger partial charge is 0.194 e. The van der Waals surface area contributed by atoms with E-state index < -0.39 is 16.8 Å². The van der Waals surface area contributed by atoms with Crippen molar-refractivity contribution >= 4 is 16.8 Å². The van der Waals surface area contributed by atoms with Crippen LogP contribution >= 0.6 is 0 Å². The first-order valence-electron chi connectivity index (χ1n) is 5.13. The molecule has 0 saturated carbocycles. The molecule has 0 bridgehead atoms. The van der Waals surface area contributed by atoms with E-state index >= 15 is 0 Å². The van der Waals surface area contributed by atoms with Crippen LogP contribution in [0.15, 0.2) is 0 Å². The highest BCUT2D eigenvalue weighted by molar-refractivity contribution is 6.87. The fraction of sp³-hybridized carbons (Fsp3) is 1.00. The highest BCUT2D eigenvalue weighted by atomic mass is 28.4. The molecule has 3 nitrogen and oxygen atoms in total. The molecule has 86 valence electrons. The second kappa shape index (κ2) is 4.44. The average Bonchev–Trinajstić information content (AvgIpc) is 2.02. The van der Waals surface area contributed by atoms with Crippen LogP contribution < -0.4 is 0 Å². The Balaban J connectivity index is 4.85. The third-order valence-corrected chi connectivity index (χ3v) is 14.8. The van der Waals surface area contributed by atoms with Gasteiger partial charge >= 0.3 is 0 Å². The van der Waals surface area contributed by atoms with Crippen LogP contribution in [0.5, 0.6) is 0 Å². The van der Waals surface area contributed by atoms with Gasteiger partial charge in [-0.1, -0.05) is 0 Å². The molecular weight excluding hydrogens is 206 g/mol. The van der Waals surface area contributed by atoms with Crippen LogP contribution in [0.4, 0.5) is 0 Å². The third-order valence-electron chi connectivity index (χ3n) is 3.83. The SMILES string of the molecule is CN(C)[Si](C)(C)N(C)[Si](C)(C)N(C)C. The summed E-state index contributed by atoms with van der Waals surface area (Å²) in [5.74, 6) is 0. The molecule has 14 heavy (non-hydrogen) atoms. The summed E-state index contributed by atoms with van der Waals surface area (Å²) in [6.07, 6.45) is 0. The van der Waals surface area contributed by atoms with Crippen LogP contribution in [0.3, 0.4) is 0 Å². The summed E-state index contributed by atoms with van der Waals surface area (Å²) in [4.78, 5) is 0. The van der Waals surface area contributed by atoms with Crippen molar-refractivity contribution in [3.05, 3.63) is 0 Å². The molecule has 0 rings (SSSR count). The number of hydrogen-bond donors (Lipinski definition) is 0. The Labute approximate surface area is 92.0 Å². The summed E-state index contributed by atoms with van der Waals surface area (Å²) in [7, 11) is 8.29. The van der Waals surface area contributed by atoms with Crippen LogP contribution in [0.25, 0.3) is 0 Å². The summed E-state index contributed by atoms with van der Waals surface area (Å²) < 4.78 is 7.47. The molecule has 5 heteroatoms. The van der Waals surface area contributed by atoms with E-state index in [0.29, 0.717) is 0 Å². The molecule has 0 aliphatic carbocycles. The van der Waals surface area contributed by atoms with E-state index in [2.05, 4.69) is 74.8 Å². The molecule has 0 saturated heterocycles. The predicted octanol–water partition coefficient (Wildman–Crippen LogP) is 1.44. The Bertz CT molecular complexity index is 170. The van der Waals surface area contributed by atoms with Crippen molar-refractivity contribution < 1.29 is 0 Å². The van der Waals surface area contributed by atoms with Crippen LogP contribution in [-0.4, -0.2) is 65.4 Å². The Hall–Kier alpha value is 0.314. The third kappa shape index (κ3) is 2.67. The van der Waals surface area contributed by atoms with Crippen molar-refractivity contribution in [2.45, 2.75) is 26.2 Å². The number of hydrogen-bond acceptors (Lipinski definition) is 3. The van der Waals surface area contributed by atoms with Crippen molar-refractivity contribution in [1.29, 1.82) is 0 Å². The van der Waals surface area contributed by atoms with E-state index in [1.54, 1.807) is 0 Å². The van der Waals surface area contributed by atoms with E-state index in [4.69, 9.17) is 0 Å². The molecule has 0 aromatic carbocycles. The van der Waals surface area contributed by atoms with Crippen LogP contribution in [0, 0.1) is 0 Å². The lowest BCUT2D eigenvalue weighted by molar-refractivity contribution is 0.491. The van der Waals surface area contributed by atoms with Crippen LogP contribution in [-0.2, 0) is 0 Å². The summed E-state index contributed by atoms with van der Waals surface area (Å²) in [5, 5.41) is 0. The van der Waals surface area contributed by atoms with Gasteiger partial charge in [0.2, 0.25) is 0 Å². The van der Waals surface area contributed by atoms with Gasteiger partial charge < -0.3 is 13.4 Å². The number of nitrogens with zero attached hydrogens (tertiary/aromatic N) is 3. The average molecular weight is 234 g/mol. The van der Waals surface area contributed by atoms with Gasteiger partial charge in [-0.3, -0.25) is 0 Å². The predicted molar refractivity (Wildman–Crippen MR) is 70.1 cm³/mol. The highest BCUT2D eigenvalue weighted by Gasteiger charge is 2.41. The normalized spacial score (nSPS) is 14.6. The molecule has 0 unspecified atom stereocenters. The zero-order chi connectivity index (χ0) is 11.7. The van der Waals surface area contributed by atoms with E-state index in [1.807, 2.05) is 0 Å². The van der Waals surface area contributed by atoms with E-state index in [9.17, 15) is 0 Å². The van der Waals surface area contributed by atoms with Gasteiger partial charge in [0.05, 0.1) is 0 Å². The molecule has 0 aliphatic heterocycles. The van der Waals surface area contributed by atoms with Crippen molar-refractivity contribution in [3.8, 4) is 0 Å². The van der Waals surface area contributed by atoms with Gasteiger partial charge in [0, 0.05) is 0 Å². The van der Waals surface area contributed by atoms with Crippen LogP contribution in [0.2, 0.25) is 26.2 Å². The molecule has 0 aromatic heterocycles. The van der Waals surface area contributed by atoms with Crippen molar-refractivity contribution in [2.75, 3.05) is 35.2 Å². The lowest BCUT2D eigenvalue weighted by Crippen LogP contribution is -2.70. The van der Waals surface area contributed by atoms with Crippen molar-refractivity contribution in [2.24, 2.45) is 0 Å². The van der Waals surface area contributed by atoms with E-state index in [-0.39, 0.29) is 0 Å². The quantitative estimate of drug-likeness (QED) is 0.681. The molecule has 0 radical (unpaired) electrons. The zero-order valence-corrected chi connectivity index (χ0v) is 13.3. The first-order chi connectivity index (χ1) is 6.04. The second-order valence-electron chi connectivity index (χ2n) is 5.34. The molecular formula is C9H27N3Si2. The minimum absolute atomic E-state index is 1.40. The van der Waals surface area contributed by atoms with Gasteiger partial charge in [0.1, 0.15) is 0 Å². The summed E-state index contributed by atoms with van der Waals surface area (Å²) >= 11 is 0. The van der Waals surface area contributed by atoms with Gasteiger partial charge in [0.15, 0.2) is 16.8 Å². The Morgan fingerprint density at radius 2 is 0.786 bits per heavy atom. The van der Waals surface area contributed by atoms with Gasteiger partial charge in [0.25, 0.3) is 0 Å². The molecule has 0 amide bonds. The maximum atomic E-state index is 2.65. The molecule has 0 N–H and O–H groups in total. The molecule has 0 aromatic rings. The standard InChI is InChI=1S/C9H27N3Si2/c1-10(2)13(6,7)12(5)14(8,9)11(3)4/h1-9H3. The zero-order valence-electron chi connectivity index (χ0n) is 11.3. The Morgan fingerprint density at radius 3 is 0.929 bits per heavy atom. The minimum atomic E-state index is -1.40. The lowest BCUT2D eigenvalue weighted by Gasteiger charge is -2.49. The van der Waals surface area contributed by atoms with E-state index in [1.165, 1.54) is 0 Å². The van der Waals surface area contributed by atoms with Gasteiger partial charge in [-0.05, 0) is 61.4 Å². The van der Waals surface area contributed by atoms with E-state index in [0.717, 1.165) is 0 Å². The van der Waals surface area contributed by atoms with Gasteiger partial charge in [-0.15, -0.1) is 0 Å². The summed E-state index contributed by atoms with van der Waals surface area (Å²) in [6, 6.07) is 0. The number of rotatable bonds is 4. The van der Waals surface area contributed by atoms with Crippen LogP contribution in [0.1, 0.15) is 0 Å². The Morgan fingerprint density at radius 1 is 0.571 bits per heavy atom. The first kappa shape index (κ1) is 14.3. The fourth-order valence-corrected chi connectivity index (χ4v) is 9.03. The van der Waals surface area contributed by atoms with Crippen molar-refractivity contribution in [1.82, 2.24) is 13.4 Å². The summed E-state index contributed by atoms with van der Waals surface area (Å²) in [6.45, 7) is 9.63. The monoisotopic (exact) mass is 233 g/mol. The van der Waals surface area contributed by atoms with Gasteiger partial charge in [-0.25, -0.2) is 0 Å².